The number of hydrogen-bond acceptors (Lipinski definition) is 6. The first-order chi connectivity index (χ1) is 15.4. The van der Waals surface area contributed by atoms with Gasteiger partial charge in [0.2, 0.25) is 0 Å². The average Bonchev–Trinajstić information content (AvgIpc) is 3.15. The molecule has 0 aliphatic carbocycles. The van der Waals surface area contributed by atoms with Gasteiger partial charge in [-0.3, -0.25) is 4.98 Å². The van der Waals surface area contributed by atoms with Gasteiger partial charge in [-0.25, -0.2) is 17.6 Å². The van der Waals surface area contributed by atoms with Crippen molar-refractivity contribution in [1.29, 1.82) is 0 Å². The summed E-state index contributed by atoms with van der Waals surface area (Å²) in [4.78, 5) is 18.1. The molecule has 178 valence electrons. The van der Waals surface area contributed by atoms with Crippen LogP contribution < -0.4 is 4.74 Å². The van der Waals surface area contributed by atoms with Crippen LogP contribution in [0.15, 0.2) is 35.4 Å². The standard InChI is InChI=1S/C24H29FN2O5S/c1-24(2,3)32-23(28)27-9-7-15(8-10-27)20-13-17-12-19(26-14-21(17)31-20)16-5-6-22(18(25)11-16)33(4,29)30/h5-6,11-12,14-15,20H,7-10,13H2,1-4H3. The Morgan fingerprint density at radius 1 is 1.21 bits per heavy atom. The number of ether oxygens (including phenoxy) is 2. The molecular formula is C24H29FN2O5S. The zero-order valence-electron chi connectivity index (χ0n) is 19.3. The normalized spacial score (nSPS) is 19.2. The van der Waals surface area contributed by atoms with Crippen LogP contribution in [0.4, 0.5) is 9.18 Å². The molecule has 0 radical (unpaired) electrons. The van der Waals surface area contributed by atoms with Crippen LogP contribution in [0.25, 0.3) is 11.3 Å². The lowest BCUT2D eigenvalue weighted by atomic mass is 9.89. The molecule has 0 saturated carbocycles. The second-order valence-corrected chi connectivity index (χ2v) is 11.7. The zero-order chi connectivity index (χ0) is 24.0. The smallest absolute Gasteiger partial charge is 0.410 e. The highest BCUT2D eigenvalue weighted by atomic mass is 32.2. The monoisotopic (exact) mass is 476 g/mol. The number of amides is 1. The van der Waals surface area contributed by atoms with Gasteiger partial charge in [-0.15, -0.1) is 0 Å². The number of aromatic nitrogens is 1. The lowest BCUT2D eigenvalue weighted by Gasteiger charge is -2.35. The van der Waals surface area contributed by atoms with E-state index in [4.69, 9.17) is 9.47 Å². The molecule has 1 aromatic heterocycles. The largest absolute Gasteiger partial charge is 0.488 e. The summed E-state index contributed by atoms with van der Waals surface area (Å²) in [7, 11) is -3.63. The molecule has 1 unspecified atom stereocenters. The van der Waals surface area contributed by atoms with E-state index in [-0.39, 0.29) is 17.1 Å². The van der Waals surface area contributed by atoms with E-state index in [0.29, 0.717) is 42.4 Å². The van der Waals surface area contributed by atoms with Gasteiger partial charge in [-0.2, -0.15) is 0 Å². The first kappa shape index (κ1) is 23.5. The number of benzene rings is 1. The van der Waals surface area contributed by atoms with Crippen LogP contribution in [-0.2, 0) is 21.0 Å². The van der Waals surface area contributed by atoms with E-state index in [2.05, 4.69) is 4.98 Å². The number of fused-ring (bicyclic) bond motifs is 1. The number of halogens is 1. The molecule has 1 saturated heterocycles. The fourth-order valence-corrected chi connectivity index (χ4v) is 5.06. The summed E-state index contributed by atoms with van der Waals surface area (Å²) in [6.07, 6.45) is 4.72. The number of likely N-dealkylation sites (tertiary alicyclic amines) is 1. The Balaban J connectivity index is 1.41. The maximum atomic E-state index is 14.3. The second-order valence-electron chi connectivity index (χ2n) is 9.76. The van der Waals surface area contributed by atoms with Gasteiger partial charge in [-0.05, 0) is 57.7 Å². The van der Waals surface area contributed by atoms with Gasteiger partial charge in [-0.1, -0.05) is 6.07 Å². The van der Waals surface area contributed by atoms with Crippen molar-refractivity contribution in [2.75, 3.05) is 19.3 Å². The van der Waals surface area contributed by atoms with Gasteiger partial charge in [0, 0.05) is 36.9 Å². The van der Waals surface area contributed by atoms with Crippen molar-refractivity contribution in [3.63, 3.8) is 0 Å². The fourth-order valence-electron chi connectivity index (χ4n) is 4.33. The Morgan fingerprint density at radius 2 is 1.91 bits per heavy atom. The molecule has 2 aliphatic heterocycles. The van der Waals surface area contributed by atoms with E-state index in [1.165, 1.54) is 12.1 Å². The van der Waals surface area contributed by atoms with Crippen LogP contribution in [-0.4, -0.2) is 55.4 Å². The number of hydrogen-bond donors (Lipinski definition) is 0. The fraction of sp³-hybridized carbons (Fsp3) is 0.500. The maximum Gasteiger partial charge on any atom is 0.410 e. The number of carbonyl (C=O) groups is 1. The molecule has 4 rings (SSSR count). The first-order valence-corrected chi connectivity index (χ1v) is 12.9. The summed E-state index contributed by atoms with van der Waals surface area (Å²) in [6, 6.07) is 5.91. The van der Waals surface area contributed by atoms with Crippen LogP contribution in [0.2, 0.25) is 0 Å². The molecule has 33 heavy (non-hydrogen) atoms. The molecule has 3 heterocycles. The quantitative estimate of drug-likeness (QED) is 0.659. The van der Waals surface area contributed by atoms with Crippen molar-refractivity contribution in [1.82, 2.24) is 9.88 Å². The van der Waals surface area contributed by atoms with Crippen molar-refractivity contribution < 1.29 is 27.1 Å². The number of pyridine rings is 1. The molecule has 2 aromatic rings. The van der Waals surface area contributed by atoms with Crippen LogP contribution in [0.1, 0.15) is 39.2 Å². The summed E-state index contributed by atoms with van der Waals surface area (Å²) in [5.74, 6) is 0.237. The SMILES string of the molecule is CC(C)(C)OC(=O)N1CCC(C2Cc3cc(-c4ccc(S(C)(=O)=O)c(F)c4)ncc3O2)CC1. The molecule has 1 amide bonds. The Labute approximate surface area is 193 Å². The summed E-state index contributed by atoms with van der Waals surface area (Å²) >= 11 is 0. The maximum absolute atomic E-state index is 14.3. The van der Waals surface area contributed by atoms with E-state index >= 15 is 0 Å². The van der Waals surface area contributed by atoms with Gasteiger partial charge < -0.3 is 14.4 Å². The minimum atomic E-state index is -3.63. The molecule has 1 atom stereocenters. The Bertz CT molecular complexity index is 1170. The van der Waals surface area contributed by atoms with Crippen LogP contribution in [0.3, 0.4) is 0 Å². The van der Waals surface area contributed by atoms with Gasteiger partial charge in [0.15, 0.2) is 9.84 Å². The number of rotatable bonds is 3. The van der Waals surface area contributed by atoms with Crippen LogP contribution in [0, 0.1) is 11.7 Å². The van der Waals surface area contributed by atoms with Gasteiger partial charge in [0.1, 0.15) is 28.2 Å². The molecule has 1 fully saturated rings. The molecule has 2 aliphatic rings. The highest BCUT2D eigenvalue weighted by Crippen LogP contribution is 2.37. The summed E-state index contributed by atoms with van der Waals surface area (Å²) in [5.41, 5.74) is 1.56. The molecular weight excluding hydrogens is 447 g/mol. The number of nitrogens with zero attached hydrogens (tertiary/aromatic N) is 2. The summed E-state index contributed by atoms with van der Waals surface area (Å²) in [5, 5.41) is 0. The van der Waals surface area contributed by atoms with E-state index in [1.54, 1.807) is 17.2 Å². The summed E-state index contributed by atoms with van der Waals surface area (Å²) in [6.45, 7) is 6.84. The Hall–Kier alpha value is -2.68. The lowest BCUT2D eigenvalue weighted by molar-refractivity contribution is 0.0123. The van der Waals surface area contributed by atoms with Gasteiger partial charge in [0.05, 0.1) is 11.9 Å². The molecule has 9 heteroatoms. The molecule has 0 spiro atoms. The van der Waals surface area contributed by atoms with E-state index in [0.717, 1.165) is 24.7 Å². The van der Waals surface area contributed by atoms with Crippen molar-refractivity contribution >= 4 is 15.9 Å². The molecule has 0 N–H and O–H groups in total. The first-order valence-electron chi connectivity index (χ1n) is 11.0. The Morgan fingerprint density at radius 3 is 2.52 bits per heavy atom. The van der Waals surface area contributed by atoms with Gasteiger partial charge >= 0.3 is 6.09 Å². The topological polar surface area (TPSA) is 85.8 Å². The third-order valence-electron chi connectivity index (χ3n) is 5.99. The van der Waals surface area contributed by atoms with Crippen molar-refractivity contribution in [3.05, 3.63) is 41.8 Å². The lowest BCUT2D eigenvalue weighted by Crippen LogP contribution is -2.44. The van der Waals surface area contributed by atoms with Crippen LogP contribution in [0.5, 0.6) is 5.75 Å². The van der Waals surface area contributed by atoms with Crippen LogP contribution >= 0.6 is 0 Å². The summed E-state index contributed by atoms with van der Waals surface area (Å²) < 4.78 is 49.3. The molecule has 7 nitrogen and oxygen atoms in total. The number of piperidine rings is 1. The van der Waals surface area contributed by atoms with Crippen molar-refractivity contribution in [3.8, 4) is 17.0 Å². The van der Waals surface area contributed by atoms with Crippen molar-refractivity contribution in [2.45, 2.75) is 56.6 Å². The minimum absolute atomic E-state index is 0.00202. The average molecular weight is 477 g/mol. The number of carbonyl (C=O) groups excluding carboxylic acids is 1. The predicted molar refractivity (Wildman–Crippen MR) is 121 cm³/mol. The zero-order valence-corrected chi connectivity index (χ0v) is 20.1. The second kappa shape index (κ2) is 8.59. The van der Waals surface area contributed by atoms with E-state index in [1.807, 2.05) is 26.8 Å². The highest BCUT2D eigenvalue weighted by Gasteiger charge is 2.35. The minimum Gasteiger partial charge on any atom is -0.488 e. The van der Waals surface area contributed by atoms with E-state index < -0.39 is 21.3 Å². The molecule has 1 aromatic carbocycles. The Kier molecular flexibility index (Phi) is 6.11. The molecule has 0 bridgehead atoms. The van der Waals surface area contributed by atoms with E-state index in [9.17, 15) is 17.6 Å². The highest BCUT2D eigenvalue weighted by molar-refractivity contribution is 7.90. The predicted octanol–water partition coefficient (Wildman–Crippen LogP) is 4.24. The third-order valence-corrected chi connectivity index (χ3v) is 7.12. The number of sulfone groups is 1. The van der Waals surface area contributed by atoms with Crippen molar-refractivity contribution in [2.24, 2.45) is 5.92 Å². The van der Waals surface area contributed by atoms with Gasteiger partial charge in [0.25, 0.3) is 0 Å². The third kappa shape index (κ3) is 5.29.